The standard InChI is InChI=1S/C17H20BrN5O/c1-12-9-14(18)3-4-15(12)21-16(24)13-10-19-17(20-11-13)23-7-5-22(2)6-8-23/h3-4,9-11H,5-8H2,1-2H3,(H,21,24). The molecule has 1 aliphatic heterocycles. The highest BCUT2D eigenvalue weighted by molar-refractivity contribution is 9.10. The molecule has 1 aromatic heterocycles. The van der Waals surface area contributed by atoms with Crippen molar-refractivity contribution < 1.29 is 4.79 Å². The Morgan fingerprint density at radius 3 is 2.46 bits per heavy atom. The number of likely N-dealkylation sites (N-methyl/N-ethyl adjacent to an activating group) is 1. The van der Waals surface area contributed by atoms with Crippen molar-refractivity contribution >= 4 is 33.5 Å². The highest BCUT2D eigenvalue weighted by Gasteiger charge is 2.17. The molecule has 126 valence electrons. The number of nitrogens with zero attached hydrogens (tertiary/aromatic N) is 4. The van der Waals surface area contributed by atoms with E-state index < -0.39 is 0 Å². The third kappa shape index (κ3) is 3.91. The lowest BCUT2D eigenvalue weighted by Gasteiger charge is -2.32. The van der Waals surface area contributed by atoms with Crippen LogP contribution in [0.5, 0.6) is 0 Å². The monoisotopic (exact) mass is 389 g/mol. The van der Waals surface area contributed by atoms with Crippen LogP contribution in [0.3, 0.4) is 0 Å². The molecule has 0 spiro atoms. The van der Waals surface area contributed by atoms with Gasteiger partial charge >= 0.3 is 0 Å². The smallest absolute Gasteiger partial charge is 0.258 e. The summed E-state index contributed by atoms with van der Waals surface area (Å²) in [7, 11) is 2.11. The molecule has 0 saturated carbocycles. The number of aromatic nitrogens is 2. The summed E-state index contributed by atoms with van der Waals surface area (Å²) in [4.78, 5) is 25.5. The minimum atomic E-state index is -0.203. The van der Waals surface area contributed by atoms with Crippen LogP contribution in [-0.2, 0) is 0 Å². The fourth-order valence-corrected chi connectivity index (χ4v) is 3.05. The molecule has 3 rings (SSSR count). The van der Waals surface area contributed by atoms with E-state index in [2.05, 4.69) is 48.1 Å². The molecule has 1 amide bonds. The van der Waals surface area contributed by atoms with Gasteiger partial charge in [0, 0.05) is 48.7 Å². The number of piperazine rings is 1. The quantitative estimate of drug-likeness (QED) is 0.873. The Hall–Kier alpha value is -1.99. The Labute approximate surface area is 150 Å². The second-order valence-electron chi connectivity index (χ2n) is 5.98. The van der Waals surface area contributed by atoms with Crippen LogP contribution in [0, 0.1) is 6.92 Å². The van der Waals surface area contributed by atoms with Gasteiger partial charge in [0.1, 0.15) is 0 Å². The Morgan fingerprint density at radius 1 is 1.17 bits per heavy atom. The van der Waals surface area contributed by atoms with Crippen molar-refractivity contribution in [1.29, 1.82) is 0 Å². The van der Waals surface area contributed by atoms with Gasteiger partial charge in [0.15, 0.2) is 0 Å². The fourth-order valence-electron chi connectivity index (χ4n) is 2.57. The zero-order chi connectivity index (χ0) is 17.1. The van der Waals surface area contributed by atoms with Crippen molar-refractivity contribution in [3.8, 4) is 0 Å². The maximum absolute atomic E-state index is 12.4. The molecule has 24 heavy (non-hydrogen) atoms. The number of nitrogens with one attached hydrogen (secondary N) is 1. The van der Waals surface area contributed by atoms with Gasteiger partial charge in [-0.3, -0.25) is 4.79 Å². The molecule has 1 saturated heterocycles. The summed E-state index contributed by atoms with van der Waals surface area (Å²) in [6.07, 6.45) is 3.17. The number of carbonyl (C=O) groups excluding carboxylic acids is 1. The van der Waals surface area contributed by atoms with Crippen LogP contribution in [0.2, 0.25) is 0 Å². The number of carbonyl (C=O) groups is 1. The molecule has 1 aromatic carbocycles. The molecule has 1 aliphatic rings. The molecule has 2 heterocycles. The lowest BCUT2D eigenvalue weighted by Crippen LogP contribution is -2.45. The normalized spacial score (nSPS) is 15.4. The van der Waals surface area contributed by atoms with E-state index in [0.717, 1.165) is 41.9 Å². The van der Waals surface area contributed by atoms with Crippen molar-refractivity contribution in [3.63, 3.8) is 0 Å². The number of rotatable bonds is 3. The Morgan fingerprint density at radius 2 is 1.83 bits per heavy atom. The van der Waals surface area contributed by atoms with Crippen molar-refractivity contribution in [2.75, 3.05) is 43.4 Å². The Bertz CT molecular complexity index is 726. The Kier molecular flexibility index (Phi) is 5.11. The minimum Gasteiger partial charge on any atom is -0.338 e. The van der Waals surface area contributed by atoms with Crippen LogP contribution in [0.4, 0.5) is 11.6 Å². The number of hydrogen-bond donors (Lipinski definition) is 1. The minimum absolute atomic E-state index is 0.203. The number of benzene rings is 1. The predicted molar refractivity (Wildman–Crippen MR) is 98.6 cm³/mol. The van der Waals surface area contributed by atoms with Crippen molar-refractivity contribution in [3.05, 3.63) is 46.2 Å². The SMILES string of the molecule is Cc1cc(Br)ccc1NC(=O)c1cnc(N2CCN(C)CC2)nc1. The van der Waals surface area contributed by atoms with E-state index in [4.69, 9.17) is 0 Å². The zero-order valence-corrected chi connectivity index (χ0v) is 15.4. The maximum atomic E-state index is 12.4. The van der Waals surface area contributed by atoms with Gasteiger partial charge in [-0.05, 0) is 37.7 Å². The second kappa shape index (κ2) is 7.27. The van der Waals surface area contributed by atoms with Gasteiger partial charge in [-0.2, -0.15) is 0 Å². The van der Waals surface area contributed by atoms with Gasteiger partial charge in [-0.1, -0.05) is 15.9 Å². The van der Waals surface area contributed by atoms with Crippen LogP contribution >= 0.6 is 15.9 Å². The lowest BCUT2D eigenvalue weighted by atomic mass is 10.2. The number of hydrogen-bond acceptors (Lipinski definition) is 5. The third-order valence-electron chi connectivity index (χ3n) is 4.12. The first kappa shape index (κ1) is 16.9. The molecule has 6 nitrogen and oxygen atoms in total. The highest BCUT2D eigenvalue weighted by atomic mass is 79.9. The van der Waals surface area contributed by atoms with Crippen LogP contribution < -0.4 is 10.2 Å². The number of aryl methyl sites for hydroxylation is 1. The van der Waals surface area contributed by atoms with E-state index in [0.29, 0.717) is 11.5 Å². The van der Waals surface area contributed by atoms with Gasteiger partial charge in [-0.15, -0.1) is 0 Å². The fraction of sp³-hybridized carbons (Fsp3) is 0.353. The molecule has 1 N–H and O–H groups in total. The summed E-state index contributed by atoms with van der Waals surface area (Å²) in [5.74, 6) is 0.477. The number of amides is 1. The van der Waals surface area contributed by atoms with Gasteiger partial charge in [0.2, 0.25) is 5.95 Å². The Balaban J connectivity index is 1.67. The topological polar surface area (TPSA) is 61.4 Å². The molecule has 2 aromatic rings. The van der Waals surface area contributed by atoms with E-state index in [1.165, 1.54) is 0 Å². The lowest BCUT2D eigenvalue weighted by molar-refractivity contribution is 0.102. The average molecular weight is 390 g/mol. The zero-order valence-electron chi connectivity index (χ0n) is 13.8. The van der Waals surface area contributed by atoms with Gasteiger partial charge in [0.05, 0.1) is 5.56 Å². The molecule has 0 radical (unpaired) electrons. The van der Waals surface area contributed by atoms with Crippen LogP contribution in [0.1, 0.15) is 15.9 Å². The molecule has 1 fully saturated rings. The van der Waals surface area contributed by atoms with E-state index in [-0.39, 0.29) is 5.91 Å². The van der Waals surface area contributed by atoms with E-state index in [9.17, 15) is 4.79 Å². The van der Waals surface area contributed by atoms with Crippen LogP contribution in [-0.4, -0.2) is 54.0 Å². The maximum Gasteiger partial charge on any atom is 0.258 e. The van der Waals surface area contributed by atoms with E-state index in [1.807, 2.05) is 25.1 Å². The first-order valence-corrected chi connectivity index (χ1v) is 8.65. The van der Waals surface area contributed by atoms with Crippen molar-refractivity contribution in [2.24, 2.45) is 0 Å². The number of halogens is 1. The van der Waals surface area contributed by atoms with Crippen molar-refractivity contribution in [2.45, 2.75) is 6.92 Å². The second-order valence-corrected chi connectivity index (χ2v) is 6.89. The summed E-state index contributed by atoms with van der Waals surface area (Å²) in [5, 5.41) is 2.90. The molecule has 0 bridgehead atoms. The molecule has 7 heteroatoms. The van der Waals surface area contributed by atoms with Crippen LogP contribution in [0.15, 0.2) is 35.1 Å². The summed E-state index contributed by atoms with van der Waals surface area (Å²) in [6, 6.07) is 5.73. The third-order valence-corrected chi connectivity index (χ3v) is 4.62. The summed E-state index contributed by atoms with van der Waals surface area (Å²) in [6.45, 7) is 5.75. The van der Waals surface area contributed by atoms with E-state index in [1.54, 1.807) is 12.4 Å². The summed E-state index contributed by atoms with van der Waals surface area (Å²) in [5.41, 5.74) is 2.23. The molecular formula is C17H20BrN5O. The number of anilines is 2. The first-order valence-electron chi connectivity index (χ1n) is 7.86. The molecule has 0 unspecified atom stereocenters. The largest absolute Gasteiger partial charge is 0.338 e. The van der Waals surface area contributed by atoms with Gasteiger partial charge < -0.3 is 15.1 Å². The van der Waals surface area contributed by atoms with Gasteiger partial charge in [0.25, 0.3) is 5.91 Å². The van der Waals surface area contributed by atoms with Crippen LogP contribution in [0.25, 0.3) is 0 Å². The average Bonchev–Trinajstić information content (AvgIpc) is 2.58. The molecular weight excluding hydrogens is 370 g/mol. The van der Waals surface area contributed by atoms with E-state index >= 15 is 0 Å². The molecule has 0 atom stereocenters. The first-order chi connectivity index (χ1) is 11.5. The highest BCUT2D eigenvalue weighted by Crippen LogP contribution is 2.20. The summed E-state index contributed by atoms with van der Waals surface area (Å²) >= 11 is 3.42. The molecule has 0 aliphatic carbocycles. The van der Waals surface area contributed by atoms with Crippen molar-refractivity contribution in [1.82, 2.24) is 14.9 Å². The predicted octanol–water partition coefficient (Wildman–Crippen LogP) is 2.55. The summed E-state index contributed by atoms with van der Waals surface area (Å²) < 4.78 is 0.984. The van der Waals surface area contributed by atoms with Gasteiger partial charge in [-0.25, -0.2) is 9.97 Å².